The topological polar surface area (TPSA) is 57.6 Å². The van der Waals surface area contributed by atoms with Gasteiger partial charge in [0.25, 0.3) is 0 Å². The van der Waals surface area contributed by atoms with Crippen molar-refractivity contribution in [1.29, 1.82) is 0 Å². The van der Waals surface area contributed by atoms with E-state index in [-0.39, 0.29) is 23.9 Å². The Morgan fingerprint density at radius 2 is 2.09 bits per heavy atom. The average Bonchev–Trinajstić information content (AvgIpc) is 2.80. The summed E-state index contributed by atoms with van der Waals surface area (Å²) in [4.78, 5) is 24.9. The van der Waals surface area contributed by atoms with E-state index >= 15 is 0 Å². The standard InChI is InChI=1S/C16H19F2NO3/c1-9(12-4-3-11(17)8-14(12)18)7-15(20)19-6-5-13(10(19)2)16(21)22/h3-4,8-10,13H,5-7H2,1-2H3,(H,21,22). The van der Waals surface area contributed by atoms with Crippen molar-refractivity contribution < 1.29 is 23.5 Å². The van der Waals surface area contributed by atoms with Gasteiger partial charge in [0, 0.05) is 25.1 Å². The van der Waals surface area contributed by atoms with Gasteiger partial charge in [0.15, 0.2) is 0 Å². The van der Waals surface area contributed by atoms with Gasteiger partial charge in [-0.1, -0.05) is 13.0 Å². The maximum atomic E-state index is 13.7. The Kier molecular flexibility index (Phi) is 4.78. The number of halogens is 2. The van der Waals surface area contributed by atoms with E-state index in [1.54, 1.807) is 13.8 Å². The van der Waals surface area contributed by atoms with Gasteiger partial charge in [-0.2, -0.15) is 0 Å². The fourth-order valence-corrected chi connectivity index (χ4v) is 3.01. The number of likely N-dealkylation sites (tertiary alicyclic amines) is 1. The number of amides is 1. The number of hydrogen-bond donors (Lipinski definition) is 1. The highest BCUT2D eigenvalue weighted by Gasteiger charge is 2.38. The van der Waals surface area contributed by atoms with Crippen LogP contribution in [0.4, 0.5) is 8.78 Å². The van der Waals surface area contributed by atoms with Gasteiger partial charge >= 0.3 is 5.97 Å². The first-order valence-electron chi connectivity index (χ1n) is 7.28. The second kappa shape index (κ2) is 6.42. The fourth-order valence-electron chi connectivity index (χ4n) is 3.01. The first-order chi connectivity index (χ1) is 10.3. The molecule has 0 spiro atoms. The van der Waals surface area contributed by atoms with Crippen LogP contribution < -0.4 is 0 Å². The lowest BCUT2D eigenvalue weighted by atomic mass is 9.96. The third-order valence-electron chi connectivity index (χ3n) is 4.37. The molecular formula is C16H19F2NO3. The Hall–Kier alpha value is -1.98. The molecule has 3 unspecified atom stereocenters. The molecular weight excluding hydrogens is 292 g/mol. The number of carbonyl (C=O) groups is 2. The minimum atomic E-state index is -0.902. The molecule has 3 atom stereocenters. The van der Waals surface area contributed by atoms with Crippen molar-refractivity contribution in [2.75, 3.05) is 6.54 Å². The normalized spacial score (nSPS) is 22.6. The molecule has 1 aromatic rings. The van der Waals surface area contributed by atoms with Crippen LogP contribution in [0, 0.1) is 17.6 Å². The van der Waals surface area contributed by atoms with Crippen LogP contribution in [0.25, 0.3) is 0 Å². The van der Waals surface area contributed by atoms with Crippen molar-refractivity contribution in [2.45, 2.75) is 38.6 Å². The molecule has 1 aliphatic rings. The zero-order chi connectivity index (χ0) is 16.4. The van der Waals surface area contributed by atoms with Gasteiger partial charge in [0.1, 0.15) is 11.6 Å². The molecule has 1 saturated heterocycles. The molecule has 1 heterocycles. The summed E-state index contributed by atoms with van der Waals surface area (Å²) >= 11 is 0. The molecule has 1 fully saturated rings. The summed E-state index contributed by atoms with van der Waals surface area (Å²) in [6.07, 6.45) is 0.501. The SMILES string of the molecule is CC(CC(=O)N1CCC(C(=O)O)C1C)c1ccc(F)cc1F. The third kappa shape index (κ3) is 3.26. The first kappa shape index (κ1) is 16.4. The number of benzene rings is 1. The second-order valence-corrected chi connectivity index (χ2v) is 5.83. The zero-order valence-electron chi connectivity index (χ0n) is 12.6. The summed E-state index contributed by atoms with van der Waals surface area (Å²) in [7, 11) is 0. The smallest absolute Gasteiger partial charge is 0.308 e. The van der Waals surface area contributed by atoms with E-state index in [4.69, 9.17) is 5.11 Å². The minimum Gasteiger partial charge on any atom is -0.481 e. The number of hydrogen-bond acceptors (Lipinski definition) is 2. The molecule has 0 radical (unpaired) electrons. The second-order valence-electron chi connectivity index (χ2n) is 5.83. The highest BCUT2D eigenvalue weighted by Crippen LogP contribution is 2.28. The van der Waals surface area contributed by atoms with Crippen LogP contribution in [0.15, 0.2) is 18.2 Å². The van der Waals surface area contributed by atoms with Crippen molar-refractivity contribution in [3.63, 3.8) is 0 Å². The average molecular weight is 311 g/mol. The molecule has 0 aliphatic carbocycles. The minimum absolute atomic E-state index is 0.0687. The lowest BCUT2D eigenvalue weighted by molar-refractivity contribution is -0.143. The van der Waals surface area contributed by atoms with Crippen LogP contribution in [0.3, 0.4) is 0 Å². The molecule has 22 heavy (non-hydrogen) atoms. The molecule has 4 nitrogen and oxygen atoms in total. The molecule has 2 rings (SSSR count). The van der Waals surface area contributed by atoms with Gasteiger partial charge in [0.2, 0.25) is 5.91 Å². The Morgan fingerprint density at radius 1 is 1.41 bits per heavy atom. The van der Waals surface area contributed by atoms with E-state index in [9.17, 15) is 18.4 Å². The van der Waals surface area contributed by atoms with E-state index in [2.05, 4.69) is 0 Å². The predicted octanol–water partition coefficient (Wildman–Crippen LogP) is 2.78. The molecule has 0 saturated carbocycles. The van der Waals surface area contributed by atoms with Crippen molar-refractivity contribution in [3.05, 3.63) is 35.4 Å². The Bertz CT molecular complexity index is 591. The summed E-state index contributed by atoms with van der Waals surface area (Å²) in [5.74, 6) is -3.38. The van der Waals surface area contributed by atoms with Crippen LogP contribution in [0.5, 0.6) is 0 Å². The van der Waals surface area contributed by atoms with Gasteiger partial charge in [0.05, 0.1) is 5.92 Å². The zero-order valence-corrected chi connectivity index (χ0v) is 12.6. The van der Waals surface area contributed by atoms with Crippen LogP contribution in [0.1, 0.15) is 38.2 Å². The number of rotatable bonds is 4. The highest BCUT2D eigenvalue weighted by atomic mass is 19.1. The summed E-state index contributed by atoms with van der Waals surface area (Å²) < 4.78 is 26.6. The Morgan fingerprint density at radius 3 is 2.64 bits per heavy atom. The lowest BCUT2D eigenvalue weighted by Crippen LogP contribution is -2.38. The highest BCUT2D eigenvalue weighted by molar-refractivity contribution is 5.80. The molecule has 0 bridgehead atoms. The maximum absolute atomic E-state index is 13.7. The molecule has 1 N–H and O–H groups in total. The Labute approximate surface area is 127 Å². The Balaban J connectivity index is 2.04. The van der Waals surface area contributed by atoms with E-state index in [1.807, 2.05) is 0 Å². The van der Waals surface area contributed by atoms with Gasteiger partial charge in [-0.25, -0.2) is 8.78 Å². The summed E-state index contributed by atoms with van der Waals surface area (Å²) in [5.41, 5.74) is 0.288. The molecule has 6 heteroatoms. The van der Waals surface area contributed by atoms with Gasteiger partial charge < -0.3 is 10.0 Å². The summed E-state index contributed by atoms with van der Waals surface area (Å²) in [6.45, 7) is 3.81. The van der Waals surface area contributed by atoms with Crippen molar-refractivity contribution in [3.8, 4) is 0 Å². The van der Waals surface area contributed by atoms with Crippen molar-refractivity contribution in [1.82, 2.24) is 4.90 Å². The monoisotopic (exact) mass is 311 g/mol. The van der Waals surface area contributed by atoms with Crippen LogP contribution in [0.2, 0.25) is 0 Å². The van der Waals surface area contributed by atoms with E-state index in [0.29, 0.717) is 13.0 Å². The molecule has 0 aromatic heterocycles. The number of carboxylic acids is 1. The summed E-state index contributed by atoms with van der Waals surface area (Å²) in [5, 5.41) is 9.08. The predicted molar refractivity (Wildman–Crippen MR) is 76.3 cm³/mol. The van der Waals surface area contributed by atoms with E-state index in [1.165, 1.54) is 17.0 Å². The number of carboxylic acid groups (broad SMARTS) is 1. The third-order valence-corrected chi connectivity index (χ3v) is 4.37. The van der Waals surface area contributed by atoms with E-state index < -0.39 is 29.4 Å². The largest absolute Gasteiger partial charge is 0.481 e. The number of nitrogens with zero attached hydrogens (tertiary/aromatic N) is 1. The van der Waals surface area contributed by atoms with Crippen LogP contribution in [-0.4, -0.2) is 34.5 Å². The molecule has 1 aromatic carbocycles. The molecule has 1 aliphatic heterocycles. The summed E-state index contributed by atoms with van der Waals surface area (Å²) in [6, 6.07) is 2.94. The molecule has 120 valence electrons. The van der Waals surface area contributed by atoms with Gasteiger partial charge in [-0.3, -0.25) is 9.59 Å². The number of aliphatic carboxylic acids is 1. The molecule has 1 amide bonds. The maximum Gasteiger partial charge on any atom is 0.308 e. The van der Waals surface area contributed by atoms with Crippen molar-refractivity contribution >= 4 is 11.9 Å². The van der Waals surface area contributed by atoms with Crippen LogP contribution in [-0.2, 0) is 9.59 Å². The fraction of sp³-hybridized carbons (Fsp3) is 0.500. The van der Waals surface area contributed by atoms with Gasteiger partial charge in [-0.15, -0.1) is 0 Å². The lowest BCUT2D eigenvalue weighted by Gasteiger charge is -2.25. The first-order valence-corrected chi connectivity index (χ1v) is 7.28. The van der Waals surface area contributed by atoms with E-state index in [0.717, 1.165) is 6.07 Å². The van der Waals surface area contributed by atoms with Gasteiger partial charge in [-0.05, 0) is 30.9 Å². The quantitative estimate of drug-likeness (QED) is 0.930. The number of carbonyl (C=O) groups excluding carboxylic acids is 1. The van der Waals surface area contributed by atoms with Crippen molar-refractivity contribution in [2.24, 2.45) is 5.92 Å². The van der Waals surface area contributed by atoms with Crippen LogP contribution >= 0.6 is 0 Å².